The van der Waals surface area contributed by atoms with Gasteiger partial charge in [0.15, 0.2) is 0 Å². The molecule has 5 rings (SSSR count). The molecule has 1 N–H and O–H groups in total. The predicted molar refractivity (Wildman–Crippen MR) is 184 cm³/mol. The van der Waals surface area contributed by atoms with Crippen molar-refractivity contribution in [1.82, 2.24) is 9.55 Å². The van der Waals surface area contributed by atoms with Gasteiger partial charge in [-0.05, 0) is 0 Å². The molecule has 1 aromatic heterocycles. The van der Waals surface area contributed by atoms with Gasteiger partial charge in [-0.1, -0.05) is 0 Å². The molecule has 0 saturated carbocycles. The topological polar surface area (TPSA) is 101 Å². The zero-order valence-electron chi connectivity index (χ0n) is 27.9. The number of hydrogen-bond donors (Lipinski definition) is 1. The number of nitrogens with zero attached hydrogens (tertiary/aromatic N) is 2. The average molecular weight is 723 g/mol. The van der Waals surface area contributed by atoms with Crippen molar-refractivity contribution in [2.45, 2.75) is 69.0 Å². The van der Waals surface area contributed by atoms with Crippen LogP contribution in [-0.2, 0) is 19.5 Å². The van der Waals surface area contributed by atoms with E-state index in [-0.39, 0.29) is 17.2 Å². The van der Waals surface area contributed by atoms with Gasteiger partial charge in [0.2, 0.25) is 0 Å². The summed E-state index contributed by atoms with van der Waals surface area (Å²) in [6.45, 7) is 10.7. The first kappa shape index (κ1) is 35.0. The number of hydrogen-bond acceptors (Lipinski definition) is 8. The summed E-state index contributed by atoms with van der Waals surface area (Å²) in [5, 5.41) is 11.8. The second kappa shape index (κ2) is 14.1. The third-order valence-electron chi connectivity index (χ3n) is 9.27. The molecule has 4 atom stereocenters. The van der Waals surface area contributed by atoms with E-state index in [2.05, 4.69) is 54.9 Å². The van der Waals surface area contributed by atoms with Crippen molar-refractivity contribution in [2.24, 2.45) is 0 Å². The summed E-state index contributed by atoms with van der Waals surface area (Å²) in [5.74, 6) is 1.44. The van der Waals surface area contributed by atoms with E-state index < -0.39 is 38.5 Å². The van der Waals surface area contributed by atoms with Gasteiger partial charge in [0.25, 0.3) is 0 Å². The Balaban J connectivity index is 1.59. The number of methoxy groups -OCH3 is 2. The van der Waals surface area contributed by atoms with Crippen molar-refractivity contribution < 1.29 is 28.5 Å². The van der Waals surface area contributed by atoms with Crippen LogP contribution >= 0.6 is 0 Å². The van der Waals surface area contributed by atoms with Crippen LogP contribution in [-0.4, -0.2) is 78.1 Å². The number of benzene rings is 3. The summed E-state index contributed by atoms with van der Waals surface area (Å²) in [6.07, 6.45) is -1.72. The molecule has 0 bridgehead atoms. The van der Waals surface area contributed by atoms with Crippen molar-refractivity contribution in [3.8, 4) is 11.5 Å². The molecular formula is C36H43N2O7SeSi. The van der Waals surface area contributed by atoms with Crippen molar-refractivity contribution in [3.63, 3.8) is 0 Å². The van der Waals surface area contributed by atoms with Crippen LogP contribution in [0.4, 0.5) is 0 Å². The summed E-state index contributed by atoms with van der Waals surface area (Å²) in [4.78, 5) is 16.1. The third kappa shape index (κ3) is 7.12. The van der Waals surface area contributed by atoms with Gasteiger partial charge in [-0.2, -0.15) is 0 Å². The molecule has 249 valence electrons. The summed E-state index contributed by atoms with van der Waals surface area (Å²) >= 11 is 2.87. The number of aliphatic hydroxyl groups excluding tert-OH is 1. The van der Waals surface area contributed by atoms with Gasteiger partial charge in [-0.15, -0.1) is 0 Å². The van der Waals surface area contributed by atoms with Crippen LogP contribution in [0.2, 0.25) is 18.1 Å². The molecule has 1 saturated heterocycles. The van der Waals surface area contributed by atoms with Crippen molar-refractivity contribution >= 4 is 29.1 Å². The Labute approximate surface area is 285 Å². The van der Waals surface area contributed by atoms with Crippen molar-refractivity contribution in [3.05, 3.63) is 118 Å². The summed E-state index contributed by atoms with van der Waals surface area (Å²) < 4.78 is 33.5. The molecule has 47 heavy (non-hydrogen) atoms. The monoisotopic (exact) mass is 723 g/mol. The Morgan fingerprint density at radius 3 is 1.89 bits per heavy atom. The molecule has 0 spiro atoms. The van der Waals surface area contributed by atoms with Gasteiger partial charge < -0.3 is 9.47 Å². The van der Waals surface area contributed by atoms with E-state index in [4.69, 9.17) is 23.4 Å². The molecule has 1 aliphatic rings. The van der Waals surface area contributed by atoms with E-state index >= 15 is 0 Å². The first-order chi connectivity index (χ1) is 22.3. The molecule has 0 aliphatic carbocycles. The van der Waals surface area contributed by atoms with Crippen LogP contribution in [0.3, 0.4) is 0 Å². The molecule has 11 heteroatoms. The van der Waals surface area contributed by atoms with Gasteiger partial charge in [-0.25, -0.2) is 0 Å². The first-order valence-corrected chi connectivity index (χ1v) is 19.3. The second-order valence-electron chi connectivity index (χ2n) is 13.2. The van der Waals surface area contributed by atoms with Gasteiger partial charge in [0.1, 0.15) is 0 Å². The summed E-state index contributed by atoms with van der Waals surface area (Å²) in [6, 6.07) is 26.9. The molecule has 1 aliphatic heterocycles. The molecule has 4 aromatic rings. The van der Waals surface area contributed by atoms with Crippen LogP contribution in [0.5, 0.6) is 11.5 Å². The van der Waals surface area contributed by atoms with Crippen LogP contribution < -0.4 is 19.8 Å². The van der Waals surface area contributed by atoms with Gasteiger partial charge >= 0.3 is 263 Å². The van der Waals surface area contributed by atoms with Crippen LogP contribution in [0.15, 0.2) is 95.9 Å². The molecule has 2 heterocycles. The van der Waals surface area contributed by atoms with Crippen LogP contribution in [0.1, 0.15) is 43.7 Å². The zero-order chi connectivity index (χ0) is 34.0. The predicted octanol–water partition coefficient (Wildman–Crippen LogP) is 4.71. The molecule has 3 aromatic carbocycles. The Morgan fingerprint density at radius 1 is 0.872 bits per heavy atom. The molecular weight excluding hydrogens is 679 g/mol. The van der Waals surface area contributed by atoms with Gasteiger partial charge in [-0.3, -0.25) is 0 Å². The average Bonchev–Trinajstić information content (AvgIpc) is 3.35. The van der Waals surface area contributed by atoms with Gasteiger partial charge in [0, 0.05) is 0 Å². The van der Waals surface area contributed by atoms with E-state index in [1.165, 1.54) is 6.07 Å². The Bertz CT molecular complexity index is 1640. The maximum atomic E-state index is 12.0. The molecule has 0 amide bonds. The van der Waals surface area contributed by atoms with E-state index in [1.807, 2.05) is 78.9 Å². The number of aliphatic hydroxyl groups is 1. The minimum absolute atomic E-state index is 0.0123. The van der Waals surface area contributed by atoms with Crippen molar-refractivity contribution in [1.29, 1.82) is 0 Å². The second-order valence-corrected chi connectivity index (χ2v) is 18.7. The molecule has 0 unspecified atom stereocenters. The Morgan fingerprint density at radius 2 is 1.40 bits per heavy atom. The van der Waals surface area contributed by atoms with Gasteiger partial charge in [0.05, 0.1) is 14.2 Å². The number of rotatable bonds is 11. The van der Waals surface area contributed by atoms with E-state index in [9.17, 15) is 9.90 Å². The summed E-state index contributed by atoms with van der Waals surface area (Å²) in [7, 11) is 0.877. The first-order valence-electron chi connectivity index (χ1n) is 15.6. The van der Waals surface area contributed by atoms with E-state index in [0.29, 0.717) is 4.72 Å². The summed E-state index contributed by atoms with van der Waals surface area (Å²) in [5.41, 5.74) is 1.15. The number of ether oxygens (including phenoxy) is 4. The molecule has 1 radical (unpaired) electrons. The van der Waals surface area contributed by atoms with Crippen LogP contribution in [0.25, 0.3) is 0 Å². The zero-order valence-corrected chi connectivity index (χ0v) is 30.6. The fraction of sp³-hybridized carbons (Fsp3) is 0.389. The Kier molecular flexibility index (Phi) is 10.5. The van der Waals surface area contributed by atoms with Crippen LogP contribution in [0, 0.1) is 0 Å². The number of aromatic nitrogens is 2. The minimum atomic E-state index is -2.39. The maximum absolute atomic E-state index is 12.0. The molecule has 1 fully saturated rings. The Hall–Kier alpha value is -3.28. The van der Waals surface area contributed by atoms with E-state index in [0.717, 1.165) is 28.2 Å². The van der Waals surface area contributed by atoms with Crippen molar-refractivity contribution in [2.75, 3.05) is 20.8 Å². The normalized spacial score (nSPS) is 20.3. The molecule has 9 nitrogen and oxygen atoms in total. The van der Waals surface area contributed by atoms with E-state index in [1.54, 1.807) is 25.0 Å². The SMILES string of the molecule is COc1ccc(C(OC[C@H]2O[C@@H](n3ccc(=O)nc3[Se])[C@H](O[Si](C)(C)C(C)(C)C)[C@@H]2O)(c2ccccc2)c2ccc(OC)cc2)cc1. The fourth-order valence-electron chi connectivity index (χ4n) is 5.60. The quantitative estimate of drug-likeness (QED) is 0.176. The standard InChI is InChI=1S/C36H43N2O7SeSi/c1-35(2,3)47(6,7)45-32-31(40)29(44-33(32)38-22-21-30(39)37-34(38)46)23-43-36(24-11-9-8-10-12-24,25-13-17-27(41-4)18-14-25)26-15-19-28(42-5)20-16-26/h8-22,29,31-33,40H,23H2,1-7H3/t29-,31-,32-,33-/m1/s1. The third-order valence-corrected chi connectivity index (χ3v) is 14.4. The fourth-order valence-corrected chi connectivity index (χ4v) is 7.42.